The van der Waals surface area contributed by atoms with E-state index in [1.165, 1.54) is 11.1 Å². The van der Waals surface area contributed by atoms with Crippen molar-refractivity contribution < 1.29 is 14.3 Å². The number of aromatic nitrogens is 4. The molecule has 180 valence electrons. The highest BCUT2D eigenvalue weighted by Crippen LogP contribution is 2.27. The number of likely N-dealkylation sites (tertiary alicyclic amines) is 1. The molecular weight excluding hydrogens is 501 g/mol. The van der Waals surface area contributed by atoms with Crippen LogP contribution in [-0.4, -0.2) is 57.0 Å². The second-order valence-corrected chi connectivity index (χ2v) is 9.34. The summed E-state index contributed by atoms with van der Waals surface area (Å²) in [5.74, 6) is 0.972. The van der Waals surface area contributed by atoms with E-state index < -0.39 is 6.10 Å². The molecule has 1 aliphatic heterocycles. The zero-order chi connectivity index (χ0) is 23.9. The topological polar surface area (TPSA) is 82.4 Å². The van der Waals surface area contributed by atoms with Crippen molar-refractivity contribution in [2.75, 3.05) is 19.7 Å². The highest BCUT2D eigenvalue weighted by atomic mass is 35.5. The Morgan fingerprint density at radius 1 is 1.06 bits per heavy atom. The number of amides is 1. The molecule has 3 aromatic rings. The summed E-state index contributed by atoms with van der Waals surface area (Å²) in [6, 6.07) is 12.9. The summed E-state index contributed by atoms with van der Waals surface area (Å²) in [4.78, 5) is 16.0. The van der Waals surface area contributed by atoms with Gasteiger partial charge in [0, 0.05) is 13.1 Å². The normalized spacial score (nSPS) is 15.2. The molecule has 0 saturated carbocycles. The maximum Gasteiger partial charge on any atom is 0.410 e. The molecule has 1 amide bonds. The number of tetrazole rings is 1. The second-order valence-electron chi connectivity index (χ2n) is 8.12. The minimum atomic E-state index is -0.619. The van der Waals surface area contributed by atoms with Crippen molar-refractivity contribution >= 4 is 40.9 Å². The van der Waals surface area contributed by atoms with Gasteiger partial charge < -0.3 is 14.4 Å². The van der Waals surface area contributed by atoms with Crippen molar-refractivity contribution in [3.63, 3.8) is 0 Å². The number of carbonyl (C=O) groups excluding carboxylic acids is 1. The van der Waals surface area contributed by atoms with E-state index in [1.54, 1.807) is 17.0 Å². The van der Waals surface area contributed by atoms with Gasteiger partial charge in [0.25, 0.3) is 0 Å². The first kappa shape index (κ1) is 24.6. The second kappa shape index (κ2) is 11.7. The number of halogens is 3. The van der Waals surface area contributed by atoms with Gasteiger partial charge in [-0.1, -0.05) is 53.0 Å². The number of hydrogen-bond acceptors (Lipinski definition) is 6. The molecule has 0 aliphatic carbocycles. The fourth-order valence-corrected chi connectivity index (χ4v) is 4.37. The highest BCUT2D eigenvalue weighted by molar-refractivity contribution is 6.42. The van der Waals surface area contributed by atoms with Crippen LogP contribution >= 0.6 is 34.8 Å². The first-order valence-electron chi connectivity index (χ1n) is 11.0. The maximum absolute atomic E-state index is 12.9. The van der Waals surface area contributed by atoms with E-state index >= 15 is 0 Å². The van der Waals surface area contributed by atoms with Gasteiger partial charge in [-0.3, -0.25) is 0 Å². The number of ether oxygens (including phenoxy) is 2. The molecule has 0 radical (unpaired) electrons. The van der Waals surface area contributed by atoms with E-state index in [4.69, 9.17) is 44.3 Å². The van der Waals surface area contributed by atoms with Crippen LogP contribution in [0.25, 0.3) is 0 Å². The zero-order valence-electron chi connectivity index (χ0n) is 18.3. The number of piperidine rings is 1. The number of nitrogens with zero attached hydrogens (tertiary/aromatic N) is 5. The van der Waals surface area contributed by atoms with Gasteiger partial charge in [0.05, 0.1) is 15.1 Å². The van der Waals surface area contributed by atoms with E-state index in [9.17, 15) is 4.79 Å². The van der Waals surface area contributed by atoms with E-state index in [0.29, 0.717) is 39.8 Å². The van der Waals surface area contributed by atoms with Crippen LogP contribution in [0.2, 0.25) is 15.1 Å². The third kappa shape index (κ3) is 6.74. The van der Waals surface area contributed by atoms with E-state index in [-0.39, 0.29) is 19.2 Å². The summed E-state index contributed by atoms with van der Waals surface area (Å²) >= 11 is 18.3. The largest absolute Gasteiger partial charge is 0.488 e. The lowest BCUT2D eigenvalue weighted by atomic mass is 9.90. The fraction of sp³-hybridized carbons (Fsp3) is 0.391. The summed E-state index contributed by atoms with van der Waals surface area (Å²) in [7, 11) is 0. The van der Waals surface area contributed by atoms with Crippen molar-refractivity contribution in [1.82, 2.24) is 25.1 Å². The monoisotopic (exact) mass is 523 g/mol. The molecule has 34 heavy (non-hydrogen) atoms. The van der Waals surface area contributed by atoms with Crippen LogP contribution in [0.5, 0.6) is 5.75 Å². The molecular formula is C23H24Cl3N5O3. The Kier molecular flexibility index (Phi) is 8.48. The molecule has 1 aromatic heterocycles. The smallest absolute Gasteiger partial charge is 0.410 e. The molecule has 1 unspecified atom stereocenters. The first-order chi connectivity index (χ1) is 16.5. The summed E-state index contributed by atoms with van der Waals surface area (Å²) in [6.07, 6.45) is 2.97. The summed E-state index contributed by atoms with van der Waals surface area (Å²) in [6.45, 7) is 1.55. The van der Waals surface area contributed by atoms with Gasteiger partial charge in [-0.2, -0.15) is 4.80 Å². The molecule has 8 nitrogen and oxygen atoms in total. The average Bonchev–Trinajstić information content (AvgIpc) is 3.34. The van der Waals surface area contributed by atoms with Crippen LogP contribution in [-0.2, 0) is 17.7 Å². The van der Waals surface area contributed by atoms with E-state index in [2.05, 4.69) is 15.4 Å². The van der Waals surface area contributed by atoms with Crippen LogP contribution in [0.1, 0.15) is 18.4 Å². The standard InChI is InChI=1S/C23H24Cl3N5O3/c24-19-6-5-17(12-21(19)26)11-16-7-9-30(10-8-16)23(32)34-18(13-31-28-15-27-29-31)14-33-22-4-2-1-3-20(22)25/h1-6,12,15-16,18H,7-11,13-14H2. The molecule has 2 heterocycles. The molecule has 1 aliphatic rings. The molecule has 4 rings (SSSR count). The lowest BCUT2D eigenvalue weighted by Crippen LogP contribution is -2.42. The van der Waals surface area contributed by atoms with Crippen LogP contribution in [0.3, 0.4) is 0 Å². The van der Waals surface area contributed by atoms with E-state index in [0.717, 1.165) is 24.8 Å². The van der Waals surface area contributed by atoms with Gasteiger partial charge in [0.1, 0.15) is 18.9 Å². The van der Waals surface area contributed by atoms with Crippen molar-refractivity contribution in [2.24, 2.45) is 5.92 Å². The van der Waals surface area contributed by atoms with Crippen molar-refractivity contribution in [3.8, 4) is 5.75 Å². The Bertz CT molecular complexity index is 1090. The van der Waals surface area contributed by atoms with Crippen molar-refractivity contribution in [1.29, 1.82) is 0 Å². The van der Waals surface area contributed by atoms with Gasteiger partial charge >= 0.3 is 6.09 Å². The number of para-hydroxylation sites is 1. The molecule has 1 fully saturated rings. The van der Waals surface area contributed by atoms with Gasteiger partial charge in [0.15, 0.2) is 12.4 Å². The lowest BCUT2D eigenvalue weighted by molar-refractivity contribution is 0.0212. The Labute approximate surface area is 212 Å². The SMILES string of the molecule is O=C(OC(COc1ccccc1Cl)Cn1ncnn1)N1CCC(Cc2ccc(Cl)c(Cl)c2)CC1. The van der Waals surface area contributed by atoms with Crippen LogP contribution in [0.15, 0.2) is 48.8 Å². The minimum Gasteiger partial charge on any atom is -0.488 e. The predicted octanol–water partition coefficient (Wildman–Crippen LogP) is 5.17. The predicted molar refractivity (Wildman–Crippen MR) is 129 cm³/mol. The van der Waals surface area contributed by atoms with Crippen LogP contribution in [0.4, 0.5) is 4.79 Å². The number of benzene rings is 2. The molecule has 0 spiro atoms. The van der Waals surface area contributed by atoms with Gasteiger partial charge in [0.2, 0.25) is 0 Å². The molecule has 1 atom stereocenters. The Morgan fingerprint density at radius 3 is 2.56 bits per heavy atom. The van der Waals surface area contributed by atoms with Crippen LogP contribution < -0.4 is 4.74 Å². The Balaban J connectivity index is 1.31. The quantitative estimate of drug-likeness (QED) is 0.404. The highest BCUT2D eigenvalue weighted by Gasteiger charge is 2.27. The third-order valence-corrected chi connectivity index (χ3v) is 6.72. The van der Waals surface area contributed by atoms with Crippen molar-refractivity contribution in [3.05, 3.63) is 69.4 Å². The summed E-state index contributed by atoms with van der Waals surface area (Å²) in [5, 5.41) is 13.2. The maximum atomic E-state index is 12.9. The molecule has 0 bridgehead atoms. The molecule has 11 heteroatoms. The number of hydrogen-bond donors (Lipinski definition) is 0. The minimum absolute atomic E-state index is 0.102. The number of carbonyl (C=O) groups is 1. The number of rotatable bonds is 8. The van der Waals surface area contributed by atoms with Gasteiger partial charge in [-0.25, -0.2) is 4.79 Å². The van der Waals surface area contributed by atoms with Crippen molar-refractivity contribution in [2.45, 2.75) is 31.9 Å². The lowest BCUT2D eigenvalue weighted by Gasteiger charge is -2.32. The first-order valence-corrected chi connectivity index (χ1v) is 12.1. The average molecular weight is 525 g/mol. The zero-order valence-corrected chi connectivity index (χ0v) is 20.6. The fourth-order valence-electron chi connectivity index (χ4n) is 3.86. The molecule has 0 N–H and O–H groups in total. The Hall–Kier alpha value is -2.55. The molecule has 1 saturated heterocycles. The van der Waals surface area contributed by atoms with Gasteiger partial charge in [-0.05, 0) is 60.2 Å². The summed E-state index contributed by atoms with van der Waals surface area (Å²) < 4.78 is 11.6. The van der Waals surface area contributed by atoms with E-state index in [1.807, 2.05) is 30.3 Å². The summed E-state index contributed by atoms with van der Waals surface area (Å²) in [5.41, 5.74) is 1.15. The van der Waals surface area contributed by atoms with Gasteiger partial charge in [-0.15, -0.1) is 10.2 Å². The van der Waals surface area contributed by atoms with Crippen LogP contribution in [0, 0.1) is 5.92 Å². The molecule has 2 aromatic carbocycles. The third-order valence-electron chi connectivity index (χ3n) is 5.67. The Morgan fingerprint density at radius 2 is 1.85 bits per heavy atom.